The van der Waals surface area contributed by atoms with E-state index in [1.165, 1.54) is 0 Å². The standard InChI is InChI=1S/C19H20N4O2/c1-12(21-17(18(20)24)13-8-4-3-5-9-13)16-19(25)23(2)15-11-7-6-10-14(15)22-16/h3-12,17,21H,1-2H3,(H2,20,24)/t12-,17-/m1/s1. The van der Waals surface area contributed by atoms with E-state index in [1.807, 2.05) is 54.6 Å². The molecule has 0 aliphatic heterocycles. The third kappa shape index (κ3) is 3.29. The number of hydrogen-bond acceptors (Lipinski definition) is 4. The van der Waals surface area contributed by atoms with Gasteiger partial charge >= 0.3 is 0 Å². The monoisotopic (exact) mass is 336 g/mol. The summed E-state index contributed by atoms with van der Waals surface area (Å²) in [6.07, 6.45) is 0. The number of nitrogens with zero attached hydrogens (tertiary/aromatic N) is 2. The van der Waals surface area contributed by atoms with Gasteiger partial charge in [0, 0.05) is 7.05 Å². The Bertz CT molecular complexity index is 966. The Kier molecular flexibility index (Phi) is 4.63. The smallest absolute Gasteiger partial charge is 0.274 e. The average Bonchev–Trinajstić information content (AvgIpc) is 2.63. The zero-order valence-corrected chi connectivity index (χ0v) is 14.1. The minimum absolute atomic E-state index is 0.199. The second-order valence-electron chi connectivity index (χ2n) is 5.98. The van der Waals surface area contributed by atoms with Crippen molar-refractivity contribution >= 4 is 16.9 Å². The van der Waals surface area contributed by atoms with Crippen molar-refractivity contribution in [3.63, 3.8) is 0 Å². The molecule has 0 aliphatic carbocycles. The molecule has 1 aromatic heterocycles. The number of amides is 1. The van der Waals surface area contributed by atoms with Gasteiger partial charge in [-0.05, 0) is 24.6 Å². The van der Waals surface area contributed by atoms with E-state index in [9.17, 15) is 9.59 Å². The highest BCUT2D eigenvalue weighted by molar-refractivity contribution is 5.81. The van der Waals surface area contributed by atoms with Crippen LogP contribution in [0.15, 0.2) is 59.4 Å². The van der Waals surface area contributed by atoms with Crippen LogP contribution < -0.4 is 16.6 Å². The first kappa shape index (κ1) is 16.9. The Morgan fingerprint density at radius 3 is 2.44 bits per heavy atom. The van der Waals surface area contributed by atoms with Crippen LogP contribution in [0.3, 0.4) is 0 Å². The van der Waals surface area contributed by atoms with Gasteiger partial charge in [-0.2, -0.15) is 0 Å². The van der Waals surface area contributed by atoms with Crippen molar-refractivity contribution in [3.05, 3.63) is 76.2 Å². The number of benzene rings is 2. The zero-order valence-electron chi connectivity index (χ0n) is 14.1. The molecule has 0 aliphatic rings. The highest BCUT2D eigenvalue weighted by atomic mass is 16.1. The van der Waals surface area contributed by atoms with Gasteiger partial charge in [-0.1, -0.05) is 42.5 Å². The van der Waals surface area contributed by atoms with E-state index in [2.05, 4.69) is 10.3 Å². The number of nitrogens with one attached hydrogen (secondary N) is 1. The third-order valence-corrected chi connectivity index (χ3v) is 4.25. The summed E-state index contributed by atoms with van der Waals surface area (Å²) in [7, 11) is 1.71. The number of fused-ring (bicyclic) bond motifs is 1. The maximum atomic E-state index is 12.7. The molecule has 0 unspecified atom stereocenters. The van der Waals surface area contributed by atoms with E-state index in [-0.39, 0.29) is 5.56 Å². The Morgan fingerprint density at radius 2 is 1.76 bits per heavy atom. The van der Waals surface area contributed by atoms with Crippen LogP contribution in [-0.4, -0.2) is 15.5 Å². The third-order valence-electron chi connectivity index (χ3n) is 4.25. The average molecular weight is 336 g/mol. The maximum absolute atomic E-state index is 12.7. The van der Waals surface area contributed by atoms with Crippen LogP contribution >= 0.6 is 0 Å². The van der Waals surface area contributed by atoms with E-state index in [0.717, 1.165) is 16.6 Å². The molecular weight excluding hydrogens is 316 g/mol. The summed E-state index contributed by atoms with van der Waals surface area (Å²) in [5.41, 5.74) is 7.94. The van der Waals surface area contributed by atoms with Crippen LogP contribution in [0, 0.1) is 0 Å². The first-order valence-electron chi connectivity index (χ1n) is 8.05. The molecule has 0 saturated carbocycles. The molecule has 0 fully saturated rings. The highest BCUT2D eigenvalue weighted by Gasteiger charge is 2.23. The molecule has 2 aromatic carbocycles. The number of carbonyl (C=O) groups is 1. The van der Waals surface area contributed by atoms with E-state index in [0.29, 0.717) is 5.69 Å². The molecule has 3 N–H and O–H groups in total. The van der Waals surface area contributed by atoms with Crippen molar-refractivity contribution in [2.24, 2.45) is 12.8 Å². The normalized spacial score (nSPS) is 13.5. The summed E-state index contributed by atoms with van der Waals surface area (Å²) in [6, 6.07) is 15.5. The lowest BCUT2D eigenvalue weighted by molar-refractivity contribution is -0.120. The molecule has 1 heterocycles. The molecule has 0 bridgehead atoms. The largest absolute Gasteiger partial charge is 0.368 e. The summed E-state index contributed by atoms with van der Waals surface area (Å²) >= 11 is 0. The predicted molar refractivity (Wildman–Crippen MR) is 96.9 cm³/mol. The molecule has 6 heteroatoms. The fourth-order valence-electron chi connectivity index (χ4n) is 2.90. The van der Waals surface area contributed by atoms with Crippen LogP contribution in [0.4, 0.5) is 0 Å². The van der Waals surface area contributed by atoms with E-state index < -0.39 is 18.0 Å². The van der Waals surface area contributed by atoms with Crippen molar-refractivity contribution in [1.29, 1.82) is 0 Å². The molecule has 0 saturated heterocycles. The van der Waals surface area contributed by atoms with Gasteiger partial charge < -0.3 is 10.3 Å². The first-order chi connectivity index (χ1) is 12.0. The van der Waals surface area contributed by atoms with Crippen LogP contribution in [0.2, 0.25) is 0 Å². The molecule has 6 nitrogen and oxygen atoms in total. The minimum Gasteiger partial charge on any atom is -0.368 e. The first-order valence-corrected chi connectivity index (χ1v) is 8.05. The lowest BCUT2D eigenvalue weighted by Gasteiger charge is -2.21. The van der Waals surface area contributed by atoms with E-state index in [4.69, 9.17) is 5.73 Å². The Labute approximate surface area is 145 Å². The van der Waals surface area contributed by atoms with Crippen molar-refractivity contribution in [2.75, 3.05) is 0 Å². The number of rotatable bonds is 5. The molecule has 1 amide bonds. The molecule has 3 aromatic rings. The van der Waals surface area contributed by atoms with Crippen LogP contribution in [0.25, 0.3) is 11.0 Å². The summed E-state index contributed by atoms with van der Waals surface area (Å²) in [5, 5.41) is 3.13. The van der Waals surface area contributed by atoms with E-state index >= 15 is 0 Å². The number of para-hydroxylation sites is 2. The van der Waals surface area contributed by atoms with Crippen molar-refractivity contribution in [1.82, 2.24) is 14.9 Å². The second-order valence-corrected chi connectivity index (χ2v) is 5.98. The fraction of sp³-hybridized carbons (Fsp3) is 0.211. The zero-order chi connectivity index (χ0) is 18.0. The van der Waals surface area contributed by atoms with Crippen LogP contribution in [0.5, 0.6) is 0 Å². The van der Waals surface area contributed by atoms with Crippen molar-refractivity contribution < 1.29 is 4.79 Å². The van der Waals surface area contributed by atoms with Crippen LogP contribution in [-0.2, 0) is 11.8 Å². The molecule has 25 heavy (non-hydrogen) atoms. The predicted octanol–water partition coefficient (Wildman–Crippen LogP) is 1.81. The molecule has 0 spiro atoms. The Balaban J connectivity index is 1.99. The second kappa shape index (κ2) is 6.86. The lowest BCUT2D eigenvalue weighted by atomic mass is 10.0. The lowest BCUT2D eigenvalue weighted by Crippen LogP contribution is -2.38. The maximum Gasteiger partial charge on any atom is 0.274 e. The number of primary amides is 1. The van der Waals surface area contributed by atoms with Gasteiger partial charge in [0.15, 0.2) is 0 Å². The molecular formula is C19H20N4O2. The Hall–Kier alpha value is -2.99. The molecule has 2 atom stereocenters. The highest BCUT2D eigenvalue weighted by Crippen LogP contribution is 2.18. The molecule has 0 radical (unpaired) electrons. The number of nitrogens with two attached hydrogens (primary N) is 1. The fourth-order valence-corrected chi connectivity index (χ4v) is 2.90. The van der Waals surface area contributed by atoms with Gasteiger partial charge in [0.1, 0.15) is 11.7 Å². The van der Waals surface area contributed by atoms with Crippen LogP contribution in [0.1, 0.15) is 30.3 Å². The number of hydrogen-bond donors (Lipinski definition) is 2. The quantitative estimate of drug-likeness (QED) is 0.743. The van der Waals surface area contributed by atoms with Gasteiger partial charge in [-0.25, -0.2) is 4.98 Å². The van der Waals surface area contributed by atoms with Crippen molar-refractivity contribution in [3.8, 4) is 0 Å². The number of carbonyl (C=O) groups excluding carboxylic acids is 1. The van der Waals surface area contributed by atoms with Gasteiger partial charge in [0.05, 0.1) is 17.1 Å². The molecule has 128 valence electrons. The van der Waals surface area contributed by atoms with Gasteiger partial charge in [0.25, 0.3) is 5.56 Å². The molecule has 3 rings (SSSR count). The number of aryl methyl sites for hydroxylation is 1. The SMILES string of the molecule is C[C@@H](N[C@@H](C(N)=O)c1ccccc1)c1nc2ccccc2n(C)c1=O. The summed E-state index contributed by atoms with van der Waals surface area (Å²) in [4.78, 5) is 29.0. The van der Waals surface area contributed by atoms with Gasteiger partial charge in [0.2, 0.25) is 5.91 Å². The van der Waals surface area contributed by atoms with E-state index in [1.54, 1.807) is 18.5 Å². The van der Waals surface area contributed by atoms with Gasteiger partial charge in [-0.15, -0.1) is 0 Å². The summed E-state index contributed by atoms with van der Waals surface area (Å²) in [6.45, 7) is 1.80. The summed E-state index contributed by atoms with van der Waals surface area (Å²) < 4.78 is 1.57. The van der Waals surface area contributed by atoms with Gasteiger partial charge in [-0.3, -0.25) is 14.9 Å². The minimum atomic E-state index is -0.700. The van der Waals surface area contributed by atoms with Crippen molar-refractivity contribution in [2.45, 2.75) is 19.0 Å². The summed E-state index contributed by atoms with van der Waals surface area (Å²) in [5.74, 6) is -0.504. The Morgan fingerprint density at radius 1 is 1.12 bits per heavy atom. The number of aromatic nitrogens is 2. The topological polar surface area (TPSA) is 90.0 Å².